The molecule has 1 aliphatic rings. The molecular weight excluding hydrogens is 468 g/mol. The SMILES string of the molecule is CC(C)C(NC(=O)CSc1nnc(CN2CCCCCC2=O)n1-c1cccnc1)c1cccs1. The molecule has 0 bridgehead atoms. The van der Waals surface area contributed by atoms with Crippen LogP contribution in [0.4, 0.5) is 0 Å². The summed E-state index contributed by atoms with van der Waals surface area (Å²) in [6.45, 7) is 5.32. The van der Waals surface area contributed by atoms with Crippen molar-refractivity contribution in [1.82, 2.24) is 30.0 Å². The number of carbonyl (C=O) groups excluding carboxylic acids is 2. The van der Waals surface area contributed by atoms with Gasteiger partial charge in [-0.3, -0.25) is 19.1 Å². The van der Waals surface area contributed by atoms with Gasteiger partial charge in [-0.1, -0.05) is 38.1 Å². The second-order valence-corrected chi connectivity index (χ2v) is 10.6. The molecule has 0 radical (unpaired) electrons. The van der Waals surface area contributed by atoms with Crippen molar-refractivity contribution in [2.75, 3.05) is 12.3 Å². The Labute approximate surface area is 208 Å². The number of amides is 2. The summed E-state index contributed by atoms with van der Waals surface area (Å²) >= 11 is 2.99. The Bertz CT molecular complexity index is 1080. The maximum atomic E-state index is 12.8. The summed E-state index contributed by atoms with van der Waals surface area (Å²) in [4.78, 5) is 32.6. The van der Waals surface area contributed by atoms with Crippen LogP contribution in [0.15, 0.2) is 47.2 Å². The van der Waals surface area contributed by atoms with E-state index in [4.69, 9.17) is 0 Å². The number of aromatic nitrogens is 4. The molecule has 34 heavy (non-hydrogen) atoms. The fourth-order valence-electron chi connectivity index (χ4n) is 4.00. The van der Waals surface area contributed by atoms with Crippen molar-refractivity contribution in [3.8, 4) is 5.69 Å². The molecule has 1 aliphatic heterocycles. The van der Waals surface area contributed by atoms with Gasteiger partial charge in [0, 0.05) is 24.0 Å². The summed E-state index contributed by atoms with van der Waals surface area (Å²) in [5.74, 6) is 1.27. The Hall–Kier alpha value is -2.72. The molecule has 3 aromatic heterocycles. The first-order valence-electron chi connectivity index (χ1n) is 11.6. The second-order valence-electron chi connectivity index (χ2n) is 8.66. The van der Waals surface area contributed by atoms with Gasteiger partial charge >= 0.3 is 0 Å². The van der Waals surface area contributed by atoms with Crippen LogP contribution in [-0.2, 0) is 16.1 Å². The summed E-state index contributed by atoms with van der Waals surface area (Å²) in [6, 6.07) is 7.82. The fraction of sp³-hybridized carbons (Fsp3) is 0.458. The third kappa shape index (κ3) is 6.04. The Kier molecular flexibility index (Phi) is 8.34. The molecule has 4 heterocycles. The summed E-state index contributed by atoms with van der Waals surface area (Å²) in [7, 11) is 0. The maximum Gasteiger partial charge on any atom is 0.230 e. The molecule has 1 saturated heterocycles. The van der Waals surface area contributed by atoms with Gasteiger partial charge in [-0.05, 0) is 42.3 Å². The Balaban J connectivity index is 1.50. The highest BCUT2D eigenvalue weighted by molar-refractivity contribution is 7.99. The first-order valence-corrected chi connectivity index (χ1v) is 13.5. The lowest BCUT2D eigenvalue weighted by Gasteiger charge is -2.21. The molecule has 1 atom stereocenters. The van der Waals surface area contributed by atoms with Crippen LogP contribution >= 0.6 is 23.1 Å². The van der Waals surface area contributed by atoms with E-state index in [0.717, 1.165) is 36.4 Å². The smallest absolute Gasteiger partial charge is 0.230 e. The number of hydrogen-bond acceptors (Lipinski definition) is 7. The zero-order valence-corrected chi connectivity index (χ0v) is 21.1. The van der Waals surface area contributed by atoms with Crippen LogP contribution in [0, 0.1) is 5.92 Å². The number of nitrogens with zero attached hydrogens (tertiary/aromatic N) is 5. The summed E-state index contributed by atoms with van der Waals surface area (Å²) in [5.41, 5.74) is 0.811. The molecule has 0 aliphatic carbocycles. The average molecular weight is 499 g/mol. The van der Waals surface area contributed by atoms with Gasteiger partial charge in [-0.25, -0.2) is 0 Å². The monoisotopic (exact) mass is 498 g/mol. The van der Waals surface area contributed by atoms with Gasteiger partial charge in [-0.15, -0.1) is 21.5 Å². The van der Waals surface area contributed by atoms with E-state index >= 15 is 0 Å². The number of rotatable bonds is 9. The van der Waals surface area contributed by atoms with Crippen molar-refractivity contribution in [1.29, 1.82) is 0 Å². The molecule has 1 N–H and O–H groups in total. The van der Waals surface area contributed by atoms with E-state index < -0.39 is 0 Å². The van der Waals surface area contributed by atoms with Gasteiger partial charge in [0.25, 0.3) is 0 Å². The van der Waals surface area contributed by atoms with Gasteiger partial charge in [0.2, 0.25) is 11.8 Å². The molecule has 180 valence electrons. The van der Waals surface area contributed by atoms with Crippen LogP contribution in [0.5, 0.6) is 0 Å². The van der Waals surface area contributed by atoms with Crippen molar-refractivity contribution in [3.63, 3.8) is 0 Å². The standard InChI is InChI=1S/C24H30N6O2S2/c1-17(2)23(19-9-7-13-33-19)26-21(31)16-34-24-28-27-20(30(24)18-8-6-11-25-14-18)15-29-12-5-3-4-10-22(29)32/h6-9,11,13-14,17,23H,3-5,10,12,15-16H2,1-2H3,(H,26,31). The topological polar surface area (TPSA) is 93.0 Å². The Morgan fingerprint density at radius 2 is 2.09 bits per heavy atom. The molecule has 0 spiro atoms. The number of thiophene rings is 1. The van der Waals surface area contributed by atoms with Crippen LogP contribution in [0.25, 0.3) is 5.69 Å². The van der Waals surface area contributed by atoms with Gasteiger partial charge < -0.3 is 10.2 Å². The molecular formula is C24H30N6O2S2. The predicted molar refractivity (Wildman–Crippen MR) is 134 cm³/mol. The minimum atomic E-state index is -0.0536. The van der Waals surface area contributed by atoms with Crippen molar-refractivity contribution in [3.05, 3.63) is 52.7 Å². The third-order valence-electron chi connectivity index (χ3n) is 5.77. The lowest BCUT2D eigenvalue weighted by Crippen LogP contribution is -2.32. The molecule has 0 saturated carbocycles. The molecule has 3 aromatic rings. The molecule has 4 rings (SSSR count). The number of pyridine rings is 1. The molecule has 10 heteroatoms. The number of thioether (sulfide) groups is 1. The van der Waals surface area contributed by atoms with Crippen molar-refractivity contribution in [2.45, 2.75) is 57.3 Å². The van der Waals surface area contributed by atoms with Gasteiger partial charge in [0.05, 0.1) is 30.2 Å². The molecule has 1 unspecified atom stereocenters. The quantitative estimate of drug-likeness (QED) is 0.444. The Morgan fingerprint density at radius 1 is 1.21 bits per heavy atom. The predicted octanol–water partition coefficient (Wildman–Crippen LogP) is 4.23. The van der Waals surface area contributed by atoms with Crippen LogP contribution in [0.2, 0.25) is 0 Å². The zero-order chi connectivity index (χ0) is 23.9. The highest BCUT2D eigenvalue weighted by Gasteiger charge is 2.23. The van der Waals surface area contributed by atoms with Crippen molar-refractivity contribution >= 4 is 34.9 Å². The molecule has 0 aromatic carbocycles. The largest absolute Gasteiger partial charge is 0.347 e. The molecule has 8 nitrogen and oxygen atoms in total. The van der Waals surface area contributed by atoms with Crippen molar-refractivity contribution in [2.24, 2.45) is 5.92 Å². The number of nitrogens with one attached hydrogen (secondary N) is 1. The zero-order valence-electron chi connectivity index (χ0n) is 19.5. The van der Waals surface area contributed by atoms with E-state index in [-0.39, 0.29) is 29.5 Å². The second kappa shape index (κ2) is 11.6. The van der Waals surface area contributed by atoms with E-state index in [2.05, 4.69) is 40.4 Å². The molecule has 2 amide bonds. The minimum absolute atomic E-state index is 0.0195. The van der Waals surface area contributed by atoms with E-state index in [1.54, 1.807) is 23.7 Å². The summed E-state index contributed by atoms with van der Waals surface area (Å²) < 4.78 is 1.91. The van der Waals surface area contributed by atoms with Crippen molar-refractivity contribution < 1.29 is 9.59 Å². The van der Waals surface area contributed by atoms with E-state index in [0.29, 0.717) is 23.9 Å². The highest BCUT2D eigenvalue weighted by Crippen LogP contribution is 2.27. The van der Waals surface area contributed by atoms with Gasteiger partial charge in [-0.2, -0.15) is 0 Å². The molecule has 1 fully saturated rings. The van der Waals surface area contributed by atoms with Crippen LogP contribution in [0.1, 0.15) is 56.3 Å². The highest BCUT2D eigenvalue weighted by atomic mass is 32.2. The van der Waals surface area contributed by atoms with Gasteiger partial charge in [0.1, 0.15) is 0 Å². The number of likely N-dealkylation sites (tertiary alicyclic amines) is 1. The number of carbonyl (C=O) groups is 2. The Morgan fingerprint density at radius 3 is 2.82 bits per heavy atom. The lowest BCUT2D eigenvalue weighted by atomic mass is 10.0. The first-order chi connectivity index (χ1) is 16.5. The summed E-state index contributed by atoms with van der Waals surface area (Å²) in [5, 5.41) is 14.6. The first kappa shape index (κ1) is 24.4. The van der Waals surface area contributed by atoms with Crippen LogP contribution in [-0.4, -0.2) is 48.8 Å². The van der Waals surface area contributed by atoms with E-state index in [1.165, 1.54) is 11.8 Å². The van der Waals surface area contributed by atoms with E-state index in [1.807, 2.05) is 33.0 Å². The number of hydrogen-bond donors (Lipinski definition) is 1. The normalized spacial score (nSPS) is 15.4. The van der Waals surface area contributed by atoms with Gasteiger partial charge in [0.15, 0.2) is 11.0 Å². The third-order valence-corrected chi connectivity index (χ3v) is 7.66. The fourth-order valence-corrected chi connectivity index (χ4v) is 5.73. The average Bonchev–Trinajstić information content (AvgIpc) is 3.46. The van der Waals surface area contributed by atoms with E-state index in [9.17, 15) is 9.59 Å². The maximum absolute atomic E-state index is 12.8. The van der Waals surface area contributed by atoms with Crippen LogP contribution < -0.4 is 5.32 Å². The minimum Gasteiger partial charge on any atom is -0.347 e. The van der Waals surface area contributed by atoms with Crippen LogP contribution in [0.3, 0.4) is 0 Å². The lowest BCUT2D eigenvalue weighted by molar-refractivity contribution is -0.131. The summed E-state index contributed by atoms with van der Waals surface area (Å²) in [6.07, 6.45) is 7.02.